The molecule has 0 aliphatic heterocycles. The van der Waals surface area contributed by atoms with Crippen molar-refractivity contribution < 1.29 is 5.11 Å². The number of fused-ring (bicyclic) bond motifs is 1. The van der Waals surface area contributed by atoms with Crippen LogP contribution in [0.3, 0.4) is 0 Å². The Morgan fingerprint density at radius 2 is 2.05 bits per heavy atom. The lowest BCUT2D eigenvalue weighted by Crippen LogP contribution is -2.34. The van der Waals surface area contributed by atoms with Gasteiger partial charge in [0.25, 0.3) is 0 Å². The second-order valence-electron chi connectivity index (χ2n) is 6.87. The molecule has 0 spiro atoms. The van der Waals surface area contributed by atoms with E-state index in [0.717, 1.165) is 19.4 Å². The van der Waals surface area contributed by atoms with E-state index in [4.69, 9.17) is 0 Å². The van der Waals surface area contributed by atoms with E-state index in [1.807, 2.05) is 0 Å². The number of nitrogens with one attached hydrogen (secondary N) is 1. The lowest BCUT2D eigenvalue weighted by molar-refractivity contribution is 0.223. The molecule has 0 fully saturated rings. The predicted octanol–water partition coefficient (Wildman–Crippen LogP) is 3.70. The lowest BCUT2D eigenvalue weighted by Gasteiger charge is -2.30. The summed E-state index contributed by atoms with van der Waals surface area (Å²) in [5.74, 6) is 0.591. The molecule has 112 valence electrons. The molecule has 1 aliphatic rings. The fourth-order valence-electron chi connectivity index (χ4n) is 3.60. The fourth-order valence-corrected chi connectivity index (χ4v) is 3.60. The van der Waals surface area contributed by atoms with Crippen molar-refractivity contribution in [1.82, 2.24) is 5.32 Å². The van der Waals surface area contributed by atoms with Crippen LogP contribution in [0.4, 0.5) is 0 Å². The summed E-state index contributed by atoms with van der Waals surface area (Å²) in [5.41, 5.74) is 3.24. The van der Waals surface area contributed by atoms with Crippen LogP contribution in [0.5, 0.6) is 0 Å². The molecule has 0 bridgehead atoms. The first-order chi connectivity index (χ1) is 9.58. The Balaban J connectivity index is 2.04. The monoisotopic (exact) mass is 275 g/mol. The van der Waals surface area contributed by atoms with E-state index in [0.29, 0.717) is 18.6 Å². The van der Waals surface area contributed by atoms with E-state index >= 15 is 0 Å². The molecular weight excluding hydrogens is 246 g/mol. The van der Waals surface area contributed by atoms with Crippen LogP contribution in [-0.2, 0) is 6.42 Å². The summed E-state index contributed by atoms with van der Waals surface area (Å²) in [6.07, 6.45) is 4.45. The first kappa shape index (κ1) is 15.5. The van der Waals surface area contributed by atoms with Gasteiger partial charge < -0.3 is 10.4 Å². The van der Waals surface area contributed by atoms with Gasteiger partial charge in [-0.15, -0.1) is 0 Å². The molecule has 2 heteroatoms. The smallest absolute Gasteiger partial charge is 0.0434 e. The summed E-state index contributed by atoms with van der Waals surface area (Å²) in [7, 11) is 0. The zero-order valence-corrected chi connectivity index (χ0v) is 13.2. The number of hydrogen-bond acceptors (Lipinski definition) is 2. The zero-order valence-electron chi connectivity index (χ0n) is 13.2. The van der Waals surface area contributed by atoms with E-state index in [1.165, 1.54) is 24.0 Å². The highest BCUT2D eigenvalue weighted by Gasteiger charge is 2.38. The van der Waals surface area contributed by atoms with Gasteiger partial charge in [0.15, 0.2) is 0 Å². The minimum absolute atomic E-state index is 0.277. The quantitative estimate of drug-likeness (QED) is 0.795. The number of hydrogen-bond donors (Lipinski definition) is 2. The number of aliphatic hydroxyl groups is 1. The molecule has 2 unspecified atom stereocenters. The Labute approximate surface area is 123 Å². The van der Waals surface area contributed by atoms with Gasteiger partial charge in [-0.1, -0.05) is 51.5 Å². The minimum Gasteiger partial charge on any atom is -0.396 e. The third-order valence-corrected chi connectivity index (χ3v) is 4.64. The molecule has 20 heavy (non-hydrogen) atoms. The molecule has 0 heterocycles. The maximum Gasteiger partial charge on any atom is 0.0434 e. The molecule has 0 aromatic heterocycles. The van der Waals surface area contributed by atoms with Gasteiger partial charge >= 0.3 is 0 Å². The van der Waals surface area contributed by atoms with Crippen LogP contribution in [0.1, 0.15) is 57.2 Å². The second kappa shape index (κ2) is 6.73. The first-order valence-corrected chi connectivity index (χ1v) is 8.00. The van der Waals surface area contributed by atoms with Crippen molar-refractivity contribution in [3.63, 3.8) is 0 Å². The summed E-state index contributed by atoms with van der Waals surface area (Å²) in [5, 5.41) is 13.0. The maximum atomic E-state index is 9.19. The zero-order chi connectivity index (χ0) is 14.6. The number of benzene rings is 1. The highest BCUT2D eigenvalue weighted by molar-refractivity contribution is 5.37. The second-order valence-corrected chi connectivity index (χ2v) is 6.87. The normalized spacial score (nSPS) is 21.7. The molecule has 1 aromatic carbocycles. The molecule has 2 rings (SSSR count). The third kappa shape index (κ3) is 3.42. The molecule has 1 aromatic rings. The summed E-state index contributed by atoms with van der Waals surface area (Å²) >= 11 is 0. The molecule has 1 aliphatic carbocycles. The van der Waals surface area contributed by atoms with Gasteiger partial charge in [0.2, 0.25) is 0 Å². The lowest BCUT2D eigenvalue weighted by atomic mass is 9.85. The van der Waals surface area contributed by atoms with E-state index in [2.05, 4.69) is 50.4 Å². The highest BCUT2D eigenvalue weighted by Crippen LogP contribution is 2.45. The molecule has 2 N–H and O–H groups in total. The summed E-state index contributed by atoms with van der Waals surface area (Å²) in [6.45, 7) is 8.24. The van der Waals surface area contributed by atoms with E-state index in [-0.39, 0.29) is 5.41 Å². The van der Waals surface area contributed by atoms with Crippen molar-refractivity contribution in [3.05, 3.63) is 35.4 Å². The van der Waals surface area contributed by atoms with Crippen LogP contribution in [0.15, 0.2) is 24.3 Å². The van der Waals surface area contributed by atoms with Crippen molar-refractivity contribution in [1.29, 1.82) is 0 Å². The highest BCUT2D eigenvalue weighted by atomic mass is 16.3. The van der Waals surface area contributed by atoms with Crippen molar-refractivity contribution in [3.8, 4) is 0 Å². The topological polar surface area (TPSA) is 32.3 Å². The minimum atomic E-state index is 0.277. The van der Waals surface area contributed by atoms with Gasteiger partial charge in [-0.2, -0.15) is 0 Å². The summed E-state index contributed by atoms with van der Waals surface area (Å²) in [4.78, 5) is 0. The average Bonchev–Trinajstić information content (AvgIpc) is 2.66. The van der Waals surface area contributed by atoms with Gasteiger partial charge in [-0.05, 0) is 48.3 Å². The Hall–Kier alpha value is -0.860. The van der Waals surface area contributed by atoms with Crippen LogP contribution in [0.25, 0.3) is 0 Å². The molecule has 0 saturated carbocycles. The van der Waals surface area contributed by atoms with Crippen LogP contribution < -0.4 is 5.32 Å². The van der Waals surface area contributed by atoms with Crippen molar-refractivity contribution in [2.24, 2.45) is 11.3 Å². The van der Waals surface area contributed by atoms with Crippen LogP contribution in [0.2, 0.25) is 0 Å². The first-order valence-electron chi connectivity index (χ1n) is 8.00. The molecule has 0 radical (unpaired) electrons. The molecule has 0 saturated heterocycles. The Bertz CT molecular complexity index is 421. The standard InChI is InChI=1S/C18H29NO/c1-4-7-14(10-11-20)13-19-17-16-9-6-5-8-15(16)12-18(17,2)3/h5-6,8-9,14,17,19-20H,4,7,10-13H2,1-3H3. The van der Waals surface area contributed by atoms with Gasteiger partial charge in [0.05, 0.1) is 0 Å². The van der Waals surface area contributed by atoms with Gasteiger partial charge in [0, 0.05) is 12.6 Å². The Kier molecular flexibility index (Phi) is 5.22. The van der Waals surface area contributed by atoms with Gasteiger partial charge in [-0.25, -0.2) is 0 Å². The van der Waals surface area contributed by atoms with E-state index in [1.54, 1.807) is 0 Å². The van der Waals surface area contributed by atoms with Crippen molar-refractivity contribution in [2.75, 3.05) is 13.2 Å². The molecule has 2 atom stereocenters. The molecular formula is C18H29NO. The molecule has 0 amide bonds. The number of rotatable bonds is 7. The van der Waals surface area contributed by atoms with Crippen molar-refractivity contribution in [2.45, 2.75) is 52.5 Å². The largest absolute Gasteiger partial charge is 0.396 e. The van der Waals surface area contributed by atoms with Crippen LogP contribution >= 0.6 is 0 Å². The maximum absolute atomic E-state index is 9.19. The summed E-state index contributed by atoms with van der Waals surface area (Å²) < 4.78 is 0. The van der Waals surface area contributed by atoms with Gasteiger partial charge in [-0.3, -0.25) is 0 Å². The Morgan fingerprint density at radius 3 is 2.75 bits per heavy atom. The molecule has 2 nitrogen and oxygen atoms in total. The van der Waals surface area contributed by atoms with Crippen LogP contribution in [-0.4, -0.2) is 18.3 Å². The van der Waals surface area contributed by atoms with E-state index < -0.39 is 0 Å². The average molecular weight is 275 g/mol. The predicted molar refractivity (Wildman–Crippen MR) is 84.8 cm³/mol. The van der Waals surface area contributed by atoms with Gasteiger partial charge in [0.1, 0.15) is 0 Å². The van der Waals surface area contributed by atoms with E-state index in [9.17, 15) is 5.11 Å². The number of aliphatic hydroxyl groups excluding tert-OH is 1. The summed E-state index contributed by atoms with van der Waals surface area (Å²) in [6, 6.07) is 9.25. The van der Waals surface area contributed by atoms with Crippen molar-refractivity contribution >= 4 is 0 Å². The SMILES string of the molecule is CCCC(CCO)CNC1c2ccccc2CC1(C)C. The Morgan fingerprint density at radius 1 is 1.30 bits per heavy atom. The third-order valence-electron chi connectivity index (χ3n) is 4.64. The van der Waals surface area contributed by atoms with Crippen LogP contribution in [0, 0.1) is 11.3 Å². The fraction of sp³-hybridized carbons (Fsp3) is 0.667.